The van der Waals surface area contributed by atoms with Crippen molar-refractivity contribution in [2.45, 2.75) is 51.4 Å². The number of fused-ring (bicyclic) bond motifs is 1. The van der Waals surface area contributed by atoms with Crippen LogP contribution in [0.1, 0.15) is 59.5 Å². The van der Waals surface area contributed by atoms with E-state index in [9.17, 15) is 13.8 Å². The highest BCUT2D eigenvalue weighted by Gasteiger charge is 2.23. The maximum absolute atomic E-state index is 13.5. The minimum absolute atomic E-state index is 0.252. The molecule has 2 amide bonds. The van der Waals surface area contributed by atoms with Gasteiger partial charge in [0, 0.05) is 37.2 Å². The van der Waals surface area contributed by atoms with Crippen LogP contribution >= 0.6 is 0 Å². The van der Waals surface area contributed by atoms with Gasteiger partial charge in [-0.15, -0.1) is 0 Å². The first kappa shape index (κ1) is 30.6. The van der Waals surface area contributed by atoms with Gasteiger partial charge in [-0.1, -0.05) is 54.6 Å². The molecule has 0 bridgehead atoms. The fourth-order valence-electron chi connectivity index (χ4n) is 4.72. The number of aromatic nitrogens is 2. The molecule has 6 N–H and O–H groups in total. The second kappa shape index (κ2) is 15.0. The number of nitrogens with one attached hydrogen (secondary N) is 4. The molecule has 4 rings (SSSR count). The molecule has 0 saturated carbocycles. The Hall–Kier alpha value is -4.35. The lowest BCUT2D eigenvalue weighted by Crippen LogP contribution is -2.47. The predicted molar refractivity (Wildman–Crippen MR) is 167 cm³/mol. The van der Waals surface area contributed by atoms with Crippen molar-refractivity contribution in [1.82, 2.24) is 25.9 Å². The molecular formula is C31H37N7O3S. The summed E-state index contributed by atoms with van der Waals surface area (Å²) in [5, 5.41) is 11.4. The summed E-state index contributed by atoms with van der Waals surface area (Å²) in [6.07, 6.45) is 6.10. The summed E-state index contributed by atoms with van der Waals surface area (Å²) >= 11 is 0. The van der Waals surface area contributed by atoms with Crippen molar-refractivity contribution in [3.63, 3.8) is 0 Å². The monoisotopic (exact) mass is 587 g/mol. The van der Waals surface area contributed by atoms with Crippen molar-refractivity contribution in [2.24, 2.45) is 10.1 Å². The van der Waals surface area contributed by atoms with E-state index in [2.05, 4.69) is 30.3 Å². The Morgan fingerprint density at radius 3 is 2.52 bits per heavy atom. The van der Waals surface area contributed by atoms with Gasteiger partial charge in [-0.05, 0) is 53.8 Å². The number of hydrogen-bond acceptors (Lipinski definition) is 5. The minimum atomic E-state index is -1.40. The largest absolute Gasteiger partial charge is 0.387 e. The average molecular weight is 588 g/mol. The number of carbonyl (C=O) groups is 2. The molecule has 1 heterocycles. The number of rotatable bonds is 14. The van der Waals surface area contributed by atoms with Crippen molar-refractivity contribution < 1.29 is 13.8 Å². The van der Waals surface area contributed by atoms with Crippen LogP contribution in [-0.2, 0) is 28.9 Å². The Kier molecular flexibility index (Phi) is 11.0. The SMILES string of the molecule is CC(NC(=O)[C@H](CCCC(N)=N[S@](C)=O)NC(=O)c1ccc(CNCc2ncc[nH]2)cc1)c1cccc2ccccc12. The van der Waals surface area contributed by atoms with Crippen LogP contribution in [0.4, 0.5) is 0 Å². The number of imidazole rings is 1. The number of hydrogen-bond donors (Lipinski definition) is 5. The molecular weight excluding hydrogens is 550 g/mol. The minimum Gasteiger partial charge on any atom is -0.387 e. The lowest BCUT2D eigenvalue weighted by molar-refractivity contribution is -0.123. The number of carbonyl (C=O) groups excluding carboxylic acids is 2. The Morgan fingerprint density at radius 1 is 1.02 bits per heavy atom. The van der Waals surface area contributed by atoms with Crippen LogP contribution in [-0.4, -0.2) is 44.1 Å². The molecule has 1 aromatic heterocycles. The van der Waals surface area contributed by atoms with E-state index in [-0.39, 0.29) is 23.7 Å². The molecule has 42 heavy (non-hydrogen) atoms. The molecule has 0 aliphatic carbocycles. The molecule has 1 unspecified atom stereocenters. The number of amidine groups is 1. The highest BCUT2D eigenvalue weighted by Crippen LogP contribution is 2.24. The normalized spacial score (nSPS) is 13.8. The molecule has 220 valence electrons. The summed E-state index contributed by atoms with van der Waals surface area (Å²) in [6.45, 7) is 3.15. The molecule has 11 heteroatoms. The van der Waals surface area contributed by atoms with Gasteiger partial charge in [-0.25, -0.2) is 9.19 Å². The van der Waals surface area contributed by atoms with Crippen LogP contribution < -0.4 is 21.7 Å². The smallest absolute Gasteiger partial charge is 0.251 e. The second-order valence-corrected chi connectivity index (χ2v) is 11.1. The van der Waals surface area contributed by atoms with E-state index in [1.54, 1.807) is 24.5 Å². The van der Waals surface area contributed by atoms with Crippen LogP contribution in [0.15, 0.2) is 83.5 Å². The van der Waals surface area contributed by atoms with Crippen LogP contribution in [0.25, 0.3) is 10.8 Å². The van der Waals surface area contributed by atoms with Gasteiger partial charge in [-0.3, -0.25) is 9.59 Å². The molecule has 0 aliphatic heterocycles. The van der Waals surface area contributed by atoms with E-state index in [1.165, 1.54) is 6.26 Å². The number of H-pyrrole nitrogens is 1. The second-order valence-electron chi connectivity index (χ2n) is 10.1. The molecule has 0 spiro atoms. The number of benzene rings is 3. The van der Waals surface area contributed by atoms with Gasteiger partial charge in [-0.2, -0.15) is 4.40 Å². The standard InChI is InChI=1S/C31H37N7O3S/c1-21(25-10-5-8-23-7-3-4-9-26(23)25)36-31(40)27(11-6-12-28(32)38-42(2)41)37-30(39)24-15-13-22(14-16-24)19-33-20-29-34-17-18-35-29/h3-5,7-10,13-18,21,27,33H,6,11-12,19-20H2,1-2H3,(H2,32,38)(H,34,35)(H,36,40)(H,37,39)/t21?,27-,42-/m0/s1. The van der Waals surface area contributed by atoms with E-state index in [0.717, 1.165) is 27.7 Å². The molecule has 3 aromatic carbocycles. The average Bonchev–Trinajstić information content (AvgIpc) is 3.50. The van der Waals surface area contributed by atoms with E-state index >= 15 is 0 Å². The van der Waals surface area contributed by atoms with Crippen molar-refractivity contribution in [1.29, 1.82) is 0 Å². The van der Waals surface area contributed by atoms with Crippen LogP contribution in [0.3, 0.4) is 0 Å². The lowest BCUT2D eigenvalue weighted by atomic mass is 9.99. The number of amides is 2. The molecule has 0 saturated heterocycles. The van der Waals surface area contributed by atoms with E-state index in [0.29, 0.717) is 37.9 Å². The number of aromatic amines is 1. The maximum Gasteiger partial charge on any atom is 0.251 e. The van der Waals surface area contributed by atoms with Gasteiger partial charge in [0.1, 0.15) is 28.7 Å². The molecule has 4 aromatic rings. The van der Waals surface area contributed by atoms with Crippen LogP contribution in [0.2, 0.25) is 0 Å². The zero-order valence-electron chi connectivity index (χ0n) is 23.8. The quantitative estimate of drug-likeness (QED) is 0.112. The van der Waals surface area contributed by atoms with E-state index in [1.807, 2.05) is 61.5 Å². The molecule has 0 radical (unpaired) electrons. The van der Waals surface area contributed by atoms with Crippen molar-refractivity contribution in [3.05, 3.63) is 102 Å². The Labute approximate surface area is 248 Å². The fourth-order valence-corrected chi connectivity index (χ4v) is 5.14. The summed E-state index contributed by atoms with van der Waals surface area (Å²) in [7, 11) is -1.40. The lowest BCUT2D eigenvalue weighted by Gasteiger charge is -2.22. The summed E-state index contributed by atoms with van der Waals surface area (Å²) < 4.78 is 15.2. The highest BCUT2D eigenvalue weighted by molar-refractivity contribution is 7.83. The molecule has 0 aliphatic rings. The molecule has 10 nitrogen and oxygen atoms in total. The summed E-state index contributed by atoms with van der Waals surface area (Å²) in [5.74, 6) is 0.458. The van der Waals surface area contributed by atoms with Gasteiger partial charge in [0.15, 0.2) is 0 Å². The Bertz CT molecular complexity index is 1530. The van der Waals surface area contributed by atoms with Crippen molar-refractivity contribution in [2.75, 3.05) is 6.26 Å². The fraction of sp³-hybridized carbons (Fsp3) is 0.290. The van der Waals surface area contributed by atoms with E-state index < -0.39 is 17.0 Å². The van der Waals surface area contributed by atoms with Gasteiger partial charge in [0.05, 0.1) is 12.6 Å². The van der Waals surface area contributed by atoms with Gasteiger partial charge < -0.3 is 26.7 Å². The topological polar surface area (TPSA) is 154 Å². The third-order valence-corrected chi connectivity index (χ3v) is 7.33. The third-order valence-electron chi connectivity index (χ3n) is 6.83. The first-order chi connectivity index (χ1) is 20.3. The maximum atomic E-state index is 13.5. The summed E-state index contributed by atoms with van der Waals surface area (Å²) in [5.41, 5.74) is 8.33. The predicted octanol–water partition coefficient (Wildman–Crippen LogP) is 3.65. The number of nitrogens with zero attached hydrogens (tertiary/aromatic N) is 2. The highest BCUT2D eigenvalue weighted by atomic mass is 32.2. The number of nitrogens with two attached hydrogens (primary N) is 1. The molecule has 3 atom stereocenters. The molecule has 0 fully saturated rings. The van der Waals surface area contributed by atoms with Crippen LogP contribution in [0.5, 0.6) is 0 Å². The van der Waals surface area contributed by atoms with Crippen molar-refractivity contribution >= 4 is 39.4 Å². The van der Waals surface area contributed by atoms with E-state index in [4.69, 9.17) is 5.73 Å². The summed E-state index contributed by atoms with van der Waals surface area (Å²) in [4.78, 5) is 33.9. The Balaban J connectivity index is 1.41. The summed E-state index contributed by atoms with van der Waals surface area (Å²) in [6, 6.07) is 20.2. The van der Waals surface area contributed by atoms with Crippen molar-refractivity contribution in [3.8, 4) is 0 Å². The first-order valence-electron chi connectivity index (χ1n) is 13.8. The van der Waals surface area contributed by atoms with Gasteiger partial charge in [0.25, 0.3) is 5.91 Å². The Morgan fingerprint density at radius 2 is 1.79 bits per heavy atom. The zero-order chi connectivity index (χ0) is 29.9. The van der Waals surface area contributed by atoms with Gasteiger partial charge >= 0.3 is 0 Å². The van der Waals surface area contributed by atoms with Crippen LogP contribution in [0, 0.1) is 0 Å². The first-order valence-corrected chi connectivity index (χ1v) is 15.3. The zero-order valence-corrected chi connectivity index (χ0v) is 24.6. The van der Waals surface area contributed by atoms with Gasteiger partial charge in [0.2, 0.25) is 5.91 Å². The third kappa shape index (κ3) is 8.82.